The third kappa shape index (κ3) is 2.75. The third-order valence-electron chi connectivity index (χ3n) is 3.90. The Bertz CT molecular complexity index is 847. The van der Waals surface area contributed by atoms with Gasteiger partial charge in [0, 0.05) is 0 Å². The van der Waals surface area contributed by atoms with Crippen LogP contribution in [0.5, 0.6) is 0 Å². The van der Waals surface area contributed by atoms with Crippen LogP contribution in [0.2, 0.25) is 0 Å². The van der Waals surface area contributed by atoms with Crippen LogP contribution in [0.25, 0.3) is 21.5 Å². The second-order valence-electron chi connectivity index (χ2n) is 5.41. The number of ether oxygens (including phenoxy) is 1. The van der Waals surface area contributed by atoms with Gasteiger partial charge in [-0.25, -0.2) is 4.79 Å². The standard InChI is InChI=1S/C19H17NO3/c1-12(19(22)23-2)20-18(21)17-15-9-5-3-7-13(15)11-14-8-4-6-10-16(14)17/h3-12H,1-2H3,(H,20,21)/t12-/m0/s1. The molecule has 3 aromatic carbocycles. The lowest BCUT2D eigenvalue weighted by molar-refractivity contribution is -0.142. The summed E-state index contributed by atoms with van der Waals surface area (Å²) in [7, 11) is 1.30. The Morgan fingerprint density at radius 2 is 1.48 bits per heavy atom. The summed E-state index contributed by atoms with van der Waals surface area (Å²) in [4.78, 5) is 24.4. The number of hydrogen-bond donors (Lipinski definition) is 1. The maximum Gasteiger partial charge on any atom is 0.328 e. The van der Waals surface area contributed by atoms with Gasteiger partial charge in [0.15, 0.2) is 0 Å². The minimum atomic E-state index is -0.703. The smallest absolute Gasteiger partial charge is 0.328 e. The number of rotatable bonds is 3. The molecule has 0 spiro atoms. The molecule has 4 heteroatoms. The first kappa shape index (κ1) is 15.0. The zero-order valence-corrected chi connectivity index (χ0v) is 13.0. The van der Waals surface area contributed by atoms with Crippen molar-refractivity contribution in [2.75, 3.05) is 7.11 Å². The van der Waals surface area contributed by atoms with Crippen LogP contribution < -0.4 is 5.32 Å². The number of hydrogen-bond acceptors (Lipinski definition) is 3. The molecule has 1 N–H and O–H groups in total. The van der Waals surface area contributed by atoms with Crippen molar-refractivity contribution in [3.05, 3.63) is 60.2 Å². The molecular formula is C19H17NO3. The lowest BCUT2D eigenvalue weighted by atomic mass is 9.96. The molecular weight excluding hydrogens is 290 g/mol. The van der Waals surface area contributed by atoms with Gasteiger partial charge in [0.1, 0.15) is 6.04 Å². The van der Waals surface area contributed by atoms with Gasteiger partial charge < -0.3 is 10.1 Å². The van der Waals surface area contributed by atoms with Crippen molar-refractivity contribution in [1.82, 2.24) is 5.32 Å². The number of amides is 1. The van der Waals surface area contributed by atoms with Crippen LogP contribution in [0.15, 0.2) is 54.6 Å². The van der Waals surface area contributed by atoms with Gasteiger partial charge in [-0.05, 0) is 34.5 Å². The largest absolute Gasteiger partial charge is 0.467 e. The van der Waals surface area contributed by atoms with Gasteiger partial charge in [-0.15, -0.1) is 0 Å². The van der Waals surface area contributed by atoms with Gasteiger partial charge in [-0.2, -0.15) is 0 Å². The van der Waals surface area contributed by atoms with Crippen LogP contribution in [0.4, 0.5) is 0 Å². The Labute approximate surface area is 134 Å². The van der Waals surface area contributed by atoms with Gasteiger partial charge in [0.2, 0.25) is 0 Å². The summed E-state index contributed by atoms with van der Waals surface area (Å²) < 4.78 is 4.67. The summed E-state index contributed by atoms with van der Waals surface area (Å²) >= 11 is 0. The highest BCUT2D eigenvalue weighted by atomic mass is 16.5. The van der Waals surface area contributed by atoms with E-state index in [0.29, 0.717) is 5.56 Å². The fourth-order valence-electron chi connectivity index (χ4n) is 2.76. The van der Waals surface area contributed by atoms with E-state index in [1.54, 1.807) is 6.92 Å². The predicted molar refractivity (Wildman–Crippen MR) is 90.4 cm³/mol. The van der Waals surface area contributed by atoms with Crippen molar-refractivity contribution in [1.29, 1.82) is 0 Å². The van der Waals surface area contributed by atoms with Crippen molar-refractivity contribution in [3.8, 4) is 0 Å². The quantitative estimate of drug-likeness (QED) is 0.597. The number of carbonyl (C=O) groups excluding carboxylic acids is 2. The molecule has 0 aliphatic carbocycles. The van der Waals surface area contributed by atoms with E-state index in [-0.39, 0.29) is 5.91 Å². The molecule has 116 valence electrons. The summed E-state index contributed by atoms with van der Waals surface area (Å²) in [5, 5.41) is 6.42. The molecule has 3 aromatic rings. The van der Waals surface area contributed by atoms with E-state index in [2.05, 4.69) is 16.1 Å². The minimum absolute atomic E-state index is 0.282. The molecule has 0 radical (unpaired) electrons. The first-order valence-electron chi connectivity index (χ1n) is 7.41. The van der Waals surface area contributed by atoms with Gasteiger partial charge >= 0.3 is 5.97 Å². The predicted octanol–water partition coefficient (Wildman–Crippen LogP) is 3.28. The van der Waals surface area contributed by atoms with Crippen LogP contribution in [0, 0.1) is 0 Å². The maximum atomic E-state index is 12.8. The Kier molecular flexibility index (Phi) is 3.98. The van der Waals surface area contributed by atoms with Crippen molar-refractivity contribution < 1.29 is 14.3 Å². The van der Waals surface area contributed by atoms with Gasteiger partial charge in [0.25, 0.3) is 5.91 Å². The van der Waals surface area contributed by atoms with E-state index in [4.69, 9.17) is 0 Å². The topological polar surface area (TPSA) is 55.4 Å². The van der Waals surface area contributed by atoms with Crippen molar-refractivity contribution in [2.24, 2.45) is 0 Å². The molecule has 0 saturated heterocycles. The van der Waals surface area contributed by atoms with Gasteiger partial charge in [-0.1, -0.05) is 48.5 Å². The van der Waals surface area contributed by atoms with E-state index >= 15 is 0 Å². The van der Waals surface area contributed by atoms with Crippen LogP contribution >= 0.6 is 0 Å². The number of nitrogens with one attached hydrogen (secondary N) is 1. The highest BCUT2D eigenvalue weighted by Gasteiger charge is 2.20. The van der Waals surface area contributed by atoms with E-state index in [1.165, 1.54) is 7.11 Å². The fraction of sp³-hybridized carbons (Fsp3) is 0.158. The van der Waals surface area contributed by atoms with Crippen molar-refractivity contribution in [2.45, 2.75) is 13.0 Å². The molecule has 0 bridgehead atoms. The molecule has 1 atom stereocenters. The normalized spacial score (nSPS) is 12.1. The first-order chi connectivity index (χ1) is 11.1. The maximum absolute atomic E-state index is 12.8. The molecule has 0 aliphatic heterocycles. The molecule has 0 aliphatic rings. The van der Waals surface area contributed by atoms with Crippen LogP contribution in [0.3, 0.4) is 0 Å². The summed E-state index contributed by atoms with van der Waals surface area (Å²) in [6.07, 6.45) is 0. The average molecular weight is 307 g/mol. The van der Waals surface area contributed by atoms with Gasteiger partial charge in [-0.3, -0.25) is 4.79 Å². The lowest BCUT2D eigenvalue weighted by Crippen LogP contribution is -2.39. The van der Waals surface area contributed by atoms with Crippen molar-refractivity contribution in [3.63, 3.8) is 0 Å². The molecule has 0 unspecified atom stereocenters. The van der Waals surface area contributed by atoms with Crippen LogP contribution in [-0.4, -0.2) is 25.0 Å². The molecule has 3 rings (SSSR count). The van der Waals surface area contributed by atoms with E-state index in [0.717, 1.165) is 21.5 Å². The SMILES string of the molecule is COC(=O)[C@H](C)NC(=O)c1c2ccccc2cc2ccccc12. The van der Waals surface area contributed by atoms with E-state index < -0.39 is 12.0 Å². The number of carbonyl (C=O) groups is 2. The summed E-state index contributed by atoms with van der Waals surface area (Å²) in [5.41, 5.74) is 0.578. The molecule has 0 heterocycles. The summed E-state index contributed by atoms with van der Waals surface area (Å²) in [5.74, 6) is -0.751. The second kappa shape index (κ2) is 6.08. The Balaban J connectivity index is 2.17. The number of benzene rings is 3. The molecule has 0 saturated carbocycles. The average Bonchev–Trinajstić information content (AvgIpc) is 2.58. The van der Waals surface area contributed by atoms with Crippen LogP contribution in [0.1, 0.15) is 17.3 Å². The van der Waals surface area contributed by atoms with Gasteiger partial charge in [0.05, 0.1) is 12.7 Å². The number of fused-ring (bicyclic) bond motifs is 2. The fourth-order valence-corrected chi connectivity index (χ4v) is 2.76. The van der Waals surface area contributed by atoms with Crippen molar-refractivity contribution >= 4 is 33.4 Å². The highest BCUT2D eigenvalue weighted by molar-refractivity contribution is 6.18. The number of methoxy groups -OCH3 is 1. The lowest BCUT2D eigenvalue weighted by Gasteiger charge is -2.15. The second-order valence-corrected chi connectivity index (χ2v) is 5.41. The molecule has 1 amide bonds. The summed E-state index contributed by atoms with van der Waals surface area (Å²) in [6, 6.07) is 16.8. The molecule has 0 aromatic heterocycles. The van der Waals surface area contributed by atoms with E-state index in [1.807, 2.05) is 48.5 Å². The Morgan fingerprint density at radius 1 is 0.957 bits per heavy atom. The monoisotopic (exact) mass is 307 g/mol. The zero-order valence-electron chi connectivity index (χ0n) is 13.0. The molecule has 4 nitrogen and oxygen atoms in total. The Morgan fingerprint density at radius 3 is 2.00 bits per heavy atom. The van der Waals surface area contributed by atoms with Crippen LogP contribution in [-0.2, 0) is 9.53 Å². The molecule has 0 fully saturated rings. The number of esters is 1. The summed E-state index contributed by atoms with van der Waals surface area (Å²) in [6.45, 7) is 1.61. The first-order valence-corrected chi connectivity index (χ1v) is 7.41. The zero-order chi connectivity index (χ0) is 16.4. The minimum Gasteiger partial charge on any atom is -0.467 e. The Hall–Kier alpha value is -2.88. The van der Waals surface area contributed by atoms with E-state index in [9.17, 15) is 9.59 Å². The highest BCUT2D eigenvalue weighted by Crippen LogP contribution is 2.28. The third-order valence-corrected chi connectivity index (χ3v) is 3.90. The molecule has 23 heavy (non-hydrogen) atoms.